The van der Waals surface area contributed by atoms with E-state index in [1.54, 1.807) is 0 Å². The Kier molecular flexibility index (Phi) is 4.71. The van der Waals surface area contributed by atoms with Gasteiger partial charge in [-0.15, -0.1) is 0 Å². The second-order valence-corrected chi connectivity index (χ2v) is 7.37. The Bertz CT molecular complexity index is 264. The predicted octanol–water partition coefficient (Wildman–Crippen LogP) is 3.75. The summed E-state index contributed by atoms with van der Waals surface area (Å²) >= 11 is 0. The quantitative estimate of drug-likeness (QED) is 0.827. The van der Waals surface area contributed by atoms with E-state index >= 15 is 0 Å². The van der Waals surface area contributed by atoms with E-state index < -0.39 is 0 Å². The average molecular weight is 253 g/mol. The molecule has 2 nitrogen and oxygen atoms in total. The number of ether oxygens (including phenoxy) is 1. The van der Waals surface area contributed by atoms with Crippen LogP contribution in [-0.4, -0.2) is 25.3 Å². The summed E-state index contributed by atoms with van der Waals surface area (Å²) < 4.78 is 6.48. The zero-order chi connectivity index (χ0) is 13.2. The molecule has 0 aromatic carbocycles. The maximum atomic E-state index is 6.48. The molecule has 0 spiro atoms. The largest absolute Gasteiger partial charge is 0.373 e. The highest BCUT2D eigenvalue weighted by atomic mass is 16.5. The fourth-order valence-electron chi connectivity index (χ4n) is 3.74. The van der Waals surface area contributed by atoms with E-state index in [0.29, 0.717) is 23.7 Å². The van der Waals surface area contributed by atoms with Crippen LogP contribution in [0.5, 0.6) is 0 Å². The van der Waals surface area contributed by atoms with Crippen molar-refractivity contribution in [3.63, 3.8) is 0 Å². The number of hydrogen-bond acceptors (Lipinski definition) is 2. The summed E-state index contributed by atoms with van der Waals surface area (Å²) in [6.45, 7) is 7.15. The van der Waals surface area contributed by atoms with Crippen molar-refractivity contribution in [1.82, 2.24) is 5.32 Å². The first kappa shape index (κ1) is 14.3. The molecule has 0 aliphatic heterocycles. The fourth-order valence-corrected chi connectivity index (χ4v) is 3.74. The van der Waals surface area contributed by atoms with Crippen LogP contribution in [-0.2, 0) is 4.74 Å². The topological polar surface area (TPSA) is 21.3 Å². The van der Waals surface area contributed by atoms with Crippen molar-refractivity contribution >= 4 is 0 Å². The van der Waals surface area contributed by atoms with Gasteiger partial charge in [0.2, 0.25) is 0 Å². The van der Waals surface area contributed by atoms with Crippen molar-refractivity contribution in [2.45, 2.75) is 84.0 Å². The van der Waals surface area contributed by atoms with Gasteiger partial charge >= 0.3 is 0 Å². The van der Waals surface area contributed by atoms with Gasteiger partial charge in [-0.1, -0.05) is 33.6 Å². The van der Waals surface area contributed by atoms with Gasteiger partial charge in [-0.3, -0.25) is 0 Å². The molecule has 2 rings (SSSR count). The third-order valence-corrected chi connectivity index (χ3v) is 4.96. The van der Waals surface area contributed by atoms with Gasteiger partial charge in [-0.2, -0.15) is 0 Å². The lowest BCUT2D eigenvalue weighted by Crippen LogP contribution is -2.48. The summed E-state index contributed by atoms with van der Waals surface area (Å²) in [5.74, 6) is 0.855. The summed E-state index contributed by atoms with van der Waals surface area (Å²) in [5.41, 5.74) is 0.457. The lowest BCUT2D eigenvalue weighted by atomic mass is 9.74. The first-order valence-electron chi connectivity index (χ1n) is 7.83. The highest BCUT2D eigenvalue weighted by Gasteiger charge is 2.36. The van der Waals surface area contributed by atoms with Gasteiger partial charge < -0.3 is 10.1 Å². The maximum Gasteiger partial charge on any atom is 0.0736 e. The first-order valence-corrected chi connectivity index (χ1v) is 7.83. The standard InChI is InChI=1S/C16H31NO/c1-12-6-5-7-13(10-12)18-15-11-16(2,3)9-8-14(15)17-4/h12-15,17H,5-11H2,1-4H3. The van der Waals surface area contributed by atoms with E-state index in [0.717, 1.165) is 5.92 Å². The molecule has 0 radical (unpaired) electrons. The fraction of sp³-hybridized carbons (Fsp3) is 1.00. The van der Waals surface area contributed by atoms with Crippen molar-refractivity contribution in [2.75, 3.05) is 7.05 Å². The van der Waals surface area contributed by atoms with E-state index in [4.69, 9.17) is 4.74 Å². The van der Waals surface area contributed by atoms with Gasteiger partial charge in [0.15, 0.2) is 0 Å². The van der Waals surface area contributed by atoms with Crippen LogP contribution in [0.15, 0.2) is 0 Å². The molecule has 2 fully saturated rings. The van der Waals surface area contributed by atoms with E-state index in [1.807, 2.05) is 0 Å². The Labute approximate surface area is 113 Å². The third-order valence-electron chi connectivity index (χ3n) is 4.96. The molecular weight excluding hydrogens is 222 g/mol. The molecule has 2 saturated carbocycles. The van der Waals surface area contributed by atoms with Gasteiger partial charge in [-0.25, -0.2) is 0 Å². The molecule has 106 valence electrons. The Balaban J connectivity index is 1.91. The van der Waals surface area contributed by atoms with Crippen molar-refractivity contribution in [2.24, 2.45) is 11.3 Å². The van der Waals surface area contributed by atoms with E-state index in [9.17, 15) is 0 Å². The zero-order valence-electron chi connectivity index (χ0n) is 12.7. The van der Waals surface area contributed by atoms with Crippen LogP contribution in [0.1, 0.15) is 65.7 Å². The minimum Gasteiger partial charge on any atom is -0.373 e. The van der Waals surface area contributed by atoms with Crippen LogP contribution in [0.2, 0.25) is 0 Å². The molecule has 2 aliphatic rings. The molecule has 1 N–H and O–H groups in total. The lowest BCUT2D eigenvalue weighted by molar-refractivity contribution is -0.0856. The molecule has 2 aliphatic carbocycles. The number of rotatable bonds is 3. The van der Waals surface area contributed by atoms with Crippen LogP contribution < -0.4 is 5.32 Å². The summed E-state index contributed by atoms with van der Waals surface area (Å²) in [7, 11) is 2.09. The maximum absolute atomic E-state index is 6.48. The molecule has 0 bridgehead atoms. The molecule has 4 unspecified atom stereocenters. The van der Waals surface area contributed by atoms with Crippen molar-refractivity contribution in [1.29, 1.82) is 0 Å². The number of hydrogen-bond donors (Lipinski definition) is 1. The second kappa shape index (κ2) is 5.92. The Hall–Kier alpha value is -0.0800. The molecule has 4 atom stereocenters. The highest BCUT2D eigenvalue weighted by Crippen LogP contribution is 2.38. The summed E-state index contributed by atoms with van der Waals surface area (Å²) in [6, 6.07) is 0.565. The second-order valence-electron chi connectivity index (χ2n) is 7.37. The normalized spacial score (nSPS) is 40.7. The number of nitrogens with one attached hydrogen (secondary N) is 1. The molecule has 2 heteroatoms. The summed E-state index contributed by atoms with van der Waals surface area (Å²) in [5, 5.41) is 3.47. The van der Waals surface area contributed by atoms with Gasteiger partial charge in [0, 0.05) is 6.04 Å². The molecule has 0 heterocycles. The molecule has 18 heavy (non-hydrogen) atoms. The molecule has 0 saturated heterocycles. The molecular formula is C16H31NO. The predicted molar refractivity (Wildman–Crippen MR) is 76.8 cm³/mol. The zero-order valence-corrected chi connectivity index (χ0v) is 12.7. The summed E-state index contributed by atoms with van der Waals surface area (Å²) in [4.78, 5) is 0. The van der Waals surface area contributed by atoms with Crippen molar-refractivity contribution in [3.05, 3.63) is 0 Å². The van der Waals surface area contributed by atoms with Gasteiger partial charge in [0.05, 0.1) is 12.2 Å². The third kappa shape index (κ3) is 3.71. The van der Waals surface area contributed by atoms with Crippen molar-refractivity contribution < 1.29 is 4.74 Å². The van der Waals surface area contributed by atoms with Crippen LogP contribution in [0.3, 0.4) is 0 Å². The average Bonchev–Trinajstić information content (AvgIpc) is 2.28. The Morgan fingerprint density at radius 1 is 1.17 bits per heavy atom. The highest BCUT2D eigenvalue weighted by molar-refractivity contribution is 4.90. The lowest BCUT2D eigenvalue weighted by Gasteiger charge is -2.42. The van der Waals surface area contributed by atoms with Gasteiger partial charge in [0.1, 0.15) is 0 Å². The van der Waals surface area contributed by atoms with E-state index in [2.05, 4.69) is 33.1 Å². The van der Waals surface area contributed by atoms with Gasteiger partial charge in [0.25, 0.3) is 0 Å². The SMILES string of the molecule is CNC1CCC(C)(C)CC1OC1CCCC(C)C1. The Morgan fingerprint density at radius 3 is 2.61 bits per heavy atom. The minimum absolute atomic E-state index is 0.425. The Morgan fingerprint density at radius 2 is 1.94 bits per heavy atom. The molecule has 0 aromatic rings. The molecule has 0 amide bonds. The minimum atomic E-state index is 0.425. The monoisotopic (exact) mass is 253 g/mol. The van der Waals surface area contributed by atoms with E-state index in [-0.39, 0.29) is 0 Å². The van der Waals surface area contributed by atoms with Crippen LogP contribution in [0.25, 0.3) is 0 Å². The smallest absolute Gasteiger partial charge is 0.0736 e. The van der Waals surface area contributed by atoms with Crippen LogP contribution in [0.4, 0.5) is 0 Å². The molecule has 0 aromatic heterocycles. The summed E-state index contributed by atoms with van der Waals surface area (Å²) in [6.07, 6.45) is 10.0. The van der Waals surface area contributed by atoms with Crippen LogP contribution >= 0.6 is 0 Å². The van der Waals surface area contributed by atoms with E-state index in [1.165, 1.54) is 44.9 Å². The number of likely N-dealkylation sites (N-methyl/N-ethyl adjacent to an activating group) is 1. The first-order chi connectivity index (χ1) is 8.50. The van der Waals surface area contributed by atoms with Crippen LogP contribution in [0, 0.1) is 11.3 Å². The van der Waals surface area contributed by atoms with Gasteiger partial charge in [-0.05, 0) is 50.5 Å². The van der Waals surface area contributed by atoms with Crippen molar-refractivity contribution in [3.8, 4) is 0 Å².